The topological polar surface area (TPSA) is 55.4 Å². The summed E-state index contributed by atoms with van der Waals surface area (Å²) >= 11 is 2.89. The molecule has 21 heavy (non-hydrogen) atoms. The minimum absolute atomic E-state index is 0.0632. The molecular formula is C13H16BrF2NO3S. The van der Waals surface area contributed by atoms with Crippen LogP contribution in [0.15, 0.2) is 21.5 Å². The van der Waals surface area contributed by atoms with E-state index < -0.39 is 32.0 Å². The highest BCUT2D eigenvalue weighted by atomic mass is 79.9. The zero-order valence-corrected chi connectivity index (χ0v) is 14.2. The predicted octanol–water partition coefficient (Wildman–Crippen LogP) is 2.82. The normalized spacial score (nSPS) is 24.7. The Labute approximate surface area is 131 Å². The number of methoxy groups -OCH3 is 1. The van der Waals surface area contributed by atoms with Gasteiger partial charge in [-0.25, -0.2) is 21.9 Å². The van der Waals surface area contributed by atoms with Crippen LogP contribution in [0.2, 0.25) is 0 Å². The summed E-state index contributed by atoms with van der Waals surface area (Å²) in [6.07, 6.45) is 0.440. The van der Waals surface area contributed by atoms with Crippen molar-refractivity contribution in [2.75, 3.05) is 7.11 Å². The lowest BCUT2D eigenvalue weighted by Crippen LogP contribution is -2.61. The Bertz CT molecular complexity index is 640. The first-order valence-corrected chi connectivity index (χ1v) is 8.57. The van der Waals surface area contributed by atoms with Gasteiger partial charge in [-0.15, -0.1) is 0 Å². The van der Waals surface area contributed by atoms with Gasteiger partial charge in [-0.1, -0.05) is 13.8 Å². The molecule has 0 radical (unpaired) electrons. The summed E-state index contributed by atoms with van der Waals surface area (Å²) in [5, 5.41) is 0. The monoisotopic (exact) mass is 383 g/mol. The minimum Gasteiger partial charge on any atom is -0.381 e. The lowest BCUT2D eigenvalue weighted by atomic mass is 9.65. The number of halogens is 3. The van der Waals surface area contributed by atoms with E-state index in [1.807, 2.05) is 13.8 Å². The van der Waals surface area contributed by atoms with Crippen molar-refractivity contribution in [1.82, 2.24) is 4.72 Å². The van der Waals surface area contributed by atoms with Crippen molar-refractivity contribution >= 4 is 26.0 Å². The molecule has 4 nitrogen and oxygen atoms in total. The number of rotatable bonds is 4. The Kier molecular flexibility index (Phi) is 4.45. The van der Waals surface area contributed by atoms with E-state index in [9.17, 15) is 17.2 Å². The van der Waals surface area contributed by atoms with Gasteiger partial charge in [-0.3, -0.25) is 0 Å². The fourth-order valence-electron chi connectivity index (χ4n) is 2.52. The maximum atomic E-state index is 13.8. The van der Waals surface area contributed by atoms with Crippen LogP contribution in [-0.4, -0.2) is 27.7 Å². The molecule has 1 aliphatic rings. The predicted molar refractivity (Wildman–Crippen MR) is 77.4 cm³/mol. The number of benzene rings is 1. The summed E-state index contributed by atoms with van der Waals surface area (Å²) in [5.41, 5.74) is -0.398. The van der Waals surface area contributed by atoms with E-state index in [4.69, 9.17) is 4.74 Å². The molecule has 0 aromatic heterocycles. The molecule has 1 aromatic rings. The number of sulfonamides is 1. The van der Waals surface area contributed by atoms with Gasteiger partial charge in [-0.05, 0) is 28.4 Å². The van der Waals surface area contributed by atoms with Crippen LogP contribution >= 0.6 is 15.9 Å². The minimum atomic E-state index is -4.10. The smallest absolute Gasteiger partial charge is 0.244 e. The van der Waals surface area contributed by atoms with Gasteiger partial charge >= 0.3 is 0 Å². The molecule has 118 valence electrons. The SMILES string of the molecule is COC1CC(NS(=O)(=O)c2c(F)cc(F)cc2Br)C1(C)C. The molecule has 1 saturated carbocycles. The Morgan fingerprint density at radius 1 is 1.38 bits per heavy atom. The van der Waals surface area contributed by atoms with Crippen LogP contribution in [0.3, 0.4) is 0 Å². The van der Waals surface area contributed by atoms with Crippen molar-refractivity contribution in [1.29, 1.82) is 0 Å². The van der Waals surface area contributed by atoms with Crippen molar-refractivity contribution in [3.8, 4) is 0 Å². The summed E-state index contributed by atoms with van der Waals surface area (Å²) in [6.45, 7) is 3.74. The molecule has 1 N–H and O–H groups in total. The second-order valence-electron chi connectivity index (χ2n) is 5.65. The van der Waals surface area contributed by atoms with Crippen LogP contribution in [0.4, 0.5) is 8.78 Å². The Balaban J connectivity index is 2.29. The van der Waals surface area contributed by atoms with Gasteiger partial charge in [-0.2, -0.15) is 0 Å². The highest BCUT2D eigenvalue weighted by Gasteiger charge is 2.50. The first-order chi connectivity index (χ1) is 9.59. The second-order valence-corrected chi connectivity index (χ2v) is 8.16. The molecule has 0 heterocycles. The molecule has 2 unspecified atom stereocenters. The van der Waals surface area contributed by atoms with Crippen LogP contribution in [0.1, 0.15) is 20.3 Å². The number of hydrogen-bond donors (Lipinski definition) is 1. The summed E-state index contributed by atoms with van der Waals surface area (Å²) in [7, 11) is -2.53. The Morgan fingerprint density at radius 3 is 2.48 bits per heavy atom. The Hall–Kier alpha value is -0.570. The maximum absolute atomic E-state index is 13.8. The van der Waals surface area contributed by atoms with E-state index in [2.05, 4.69) is 20.7 Å². The van der Waals surface area contributed by atoms with Crippen LogP contribution in [-0.2, 0) is 14.8 Å². The standard InChI is InChI=1S/C13H16BrF2NO3S/c1-13(2)10(6-11(13)20-3)17-21(18,19)12-8(14)4-7(15)5-9(12)16/h4-5,10-11,17H,6H2,1-3H3. The molecule has 0 amide bonds. The van der Waals surface area contributed by atoms with Gasteiger partial charge in [0.1, 0.15) is 16.5 Å². The molecule has 2 rings (SSSR count). The summed E-state index contributed by atoms with van der Waals surface area (Å²) < 4.78 is 59.1. The summed E-state index contributed by atoms with van der Waals surface area (Å²) in [4.78, 5) is -0.583. The van der Waals surface area contributed by atoms with Crippen LogP contribution in [0, 0.1) is 17.0 Å². The third kappa shape index (κ3) is 2.99. The zero-order valence-electron chi connectivity index (χ0n) is 11.8. The second kappa shape index (κ2) is 5.57. The lowest BCUT2D eigenvalue weighted by molar-refractivity contribution is -0.0908. The van der Waals surface area contributed by atoms with E-state index in [0.717, 1.165) is 6.07 Å². The van der Waals surface area contributed by atoms with Crippen LogP contribution in [0.25, 0.3) is 0 Å². The fraction of sp³-hybridized carbons (Fsp3) is 0.538. The number of nitrogens with one attached hydrogen (secondary N) is 1. The van der Waals surface area contributed by atoms with Crippen LogP contribution in [0.5, 0.6) is 0 Å². The molecule has 1 fully saturated rings. The molecule has 0 bridgehead atoms. The van der Waals surface area contributed by atoms with Crippen molar-refractivity contribution in [3.63, 3.8) is 0 Å². The lowest BCUT2D eigenvalue weighted by Gasteiger charge is -2.50. The Morgan fingerprint density at radius 2 is 2.00 bits per heavy atom. The molecular weight excluding hydrogens is 368 g/mol. The van der Waals surface area contributed by atoms with E-state index >= 15 is 0 Å². The van der Waals surface area contributed by atoms with Gasteiger partial charge in [0.25, 0.3) is 0 Å². The van der Waals surface area contributed by atoms with Crippen molar-refractivity contribution in [2.24, 2.45) is 5.41 Å². The van der Waals surface area contributed by atoms with E-state index in [0.29, 0.717) is 12.5 Å². The van der Waals surface area contributed by atoms with E-state index in [1.165, 1.54) is 0 Å². The third-order valence-corrected chi connectivity index (χ3v) is 6.43. The van der Waals surface area contributed by atoms with Crippen molar-refractivity contribution in [3.05, 3.63) is 28.2 Å². The van der Waals surface area contributed by atoms with Crippen molar-refractivity contribution in [2.45, 2.75) is 37.3 Å². The van der Waals surface area contributed by atoms with E-state index in [-0.39, 0.29) is 16.6 Å². The number of ether oxygens (including phenoxy) is 1. The van der Waals surface area contributed by atoms with Gasteiger partial charge in [0.15, 0.2) is 0 Å². The first-order valence-electron chi connectivity index (χ1n) is 6.29. The van der Waals surface area contributed by atoms with Gasteiger partial charge in [0.05, 0.1) is 6.10 Å². The molecule has 0 saturated heterocycles. The molecule has 0 aliphatic heterocycles. The maximum Gasteiger partial charge on any atom is 0.244 e. The average Bonchev–Trinajstić information content (AvgIpc) is 2.32. The van der Waals surface area contributed by atoms with Gasteiger partial charge < -0.3 is 4.74 Å². The summed E-state index contributed by atoms with van der Waals surface area (Å²) in [5.74, 6) is -1.98. The summed E-state index contributed by atoms with van der Waals surface area (Å²) in [6, 6.07) is 1.09. The van der Waals surface area contributed by atoms with Crippen LogP contribution < -0.4 is 4.72 Å². The zero-order chi connectivity index (χ0) is 16.0. The average molecular weight is 384 g/mol. The molecule has 1 aliphatic carbocycles. The van der Waals surface area contributed by atoms with Gasteiger partial charge in [0, 0.05) is 29.1 Å². The van der Waals surface area contributed by atoms with Gasteiger partial charge in [0.2, 0.25) is 10.0 Å². The molecule has 2 atom stereocenters. The largest absolute Gasteiger partial charge is 0.381 e. The third-order valence-electron chi connectivity index (χ3n) is 3.99. The number of hydrogen-bond acceptors (Lipinski definition) is 3. The highest BCUT2D eigenvalue weighted by Crippen LogP contribution is 2.43. The first kappa shape index (κ1) is 16.8. The molecule has 8 heteroatoms. The highest BCUT2D eigenvalue weighted by molar-refractivity contribution is 9.10. The van der Waals surface area contributed by atoms with E-state index in [1.54, 1.807) is 7.11 Å². The molecule has 1 aromatic carbocycles. The van der Waals surface area contributed by atoms with Crippen molar-refractivity contribution < 1.29 is 21.9 Å². The molecule has 0 spiro atoms. The quantitative estimate of drug-likeness (QED) is 0.869. The fourth-order valence-corrected chi connectivity index (χ4v) is 5.09.